The molecule has 29 heavy (non-hydrogen) atoms. The average molecular weight is 389 g/mol. The third-order valence-electron chi connectivity index (χ3n) is 5.50. The lowest BCUT2D eigenvalue weighted by molar-refractivity contribution is 0.0947. The van der Waals surface area contributed by atoms with Crippen molar-refractivity contribution >= 4 is 22.5 Å². The molecule has 1 aliphatic heterocycles. The largest absolute Gasteiger partial charge is 0.398 e. The highest BCUT2D eigenvalue weighted by Crippen LogP contribution is 2.30. The Morgan fingerprint density at radius 1 is 1.17 bits per heavy atom. The summed E-state index contributed by atoms with van der Waals surface area (Å²) in [6, 6.07) is 15.4. The van der Waals surface area contributed by atoms with Gasteiger partial charge in [-0.25, -0.2) is 0 Å². The molecular weight excluding hydrogens is 362 g/mol. The van der Waals surface area contributed by atoms with Crippen LogP contribution in [0.5, 0.6) is 0 Å². The number of aromatic nitrogens is 1. The minimum Gasteiger partial charge on any atom is -0.398 e. The number of pyridine rings is 1. The van der Waals surface area contributed by atoms with Crippen LogP contribution in [0.3, 0.4) is 0 Å². The van der Waals surface area contributed by atoms with Gasteiger partial charge in [0.25, 0.3) is 5.91 Å². The topological polar surface area (TPSA) is 77.2 Å². The molecule has 1 aromatic heterocycles. The van der Waals surface area contributed by atoms with Crippen LogP contribution in [0.2, 0.25) is 0 Å². The Labute approximate surface area is 171 Å². The number of benzene rings is 2. The normalized spacial score (nSPS) is 16.2. The number of anilines is 1. The quantitative estimate of drug-likeness (QED) is 0.581. The number of nitrogens with one attached hydrogen (secondary N) is 1. The summed E-state index contributed by atoms with van der Waals surface area (Å²) in [5, 5.41) is 3.96. The maximum atomic E-state index is 12.6. The van der Waals surface area contributed by atoms with Gasteiger partial charge in [-0.3, -0.25) is 9.78 Å². The highest BCUT2D eigenvalue weighted by molar-refractivity contribution is 6.01. The van der Waals surface area contributed by atoms with E-state index >= 15 is 0 Å². The third-order valence-corrected chi connectivity index (χ3v) is 5.50. The van der Waals surface area contributed by atoms with Crippen LogP contribution in [0, 0.1) is 0 Å². The van der Waals surface area contributed by atoms with Crippen LogP contribution in [0.15, 0.2) is 54.7 Å². The predicted molar refractivity (Wildman–Crippen MR) is 117 cm³/mol. The molecule has 5 nitrogen and oxygen atoms in total. The highest BCUT2D eigenvalue weighted by atomic mass is 16.5. The lowest BCUT2D eigenvalue weighted by Gasteiger charge is -2.11. The van der Waals surface area contributed by atoms with Gasteiger partial charge in [-0.15, -0.1) is 0 Å². The van der Waals surface area contributed by atoms with Gasteiger partial charge in [0.1, 0.15) is 0 Å². The van der Waals surface area contributed by atoms with Gasteiger partial charge in [-0.1, -0.05) is 30.3 Å². The van der Waals surface area contributed by atoms with E-state index in [-0.39, 0.29) is 5.91 Å². The molecule has 0 spiro atoms. The first-order valence-electron chi connectivity index (χ1n) is 10.4. The van der Waals surface area contributed by atoms with Crippen molar-refractivity contribution < 1.29 is 9.53 Å². The van der Waals surface area contributed by atoms with Crippen LogP contribution in [0.25, 0.3) is 22.0 Å². The standard InChI is InChI=1S/C24H27N3O2/c25-22-12-14-26-23-20(10-4-11-21(22)23)17-6-3-7-18(16-17)24(28)27-13-2-1-8-19-9-5-15-29-19/h3-4,6-7,10-12,14,16,19H,1-2,5,8-9,13,15H2,(H2,25,26)(H,27,28)/t19-/m0/s1. The van der Waals surface area contributed by atoms with Crippen LogP contribution in [-0.2, 0) is 4.74 Å². The highest BCUT2D eigenvalue weighted by Gasteiger charge is 2.14. The molecule has 2 heterocycles. The summed E-state index contributed by atoms with van der Waals surface area (Å²) in [4.78, 5) is 17.1. The number of rotatable bonds is 7. The lowest BCUT2D eigenvalue weighted by atomic mass is 9.99. The smallest absolute Gasteiger partial charge is 0.251 e. The molecule has 0 bridgehead atoms. The number of para-hydroxylation sites is 1. The SMILES string of the molecule is Nc1ccnc2c(-c3cccc(C(=O)NCCCC[C@H]4CCCO4)c3)cccc12. The second-order valence-corrected chi connectivity index (χ2v) is 7.57. The second-order valence-electron chi connectivity index (χ2n) is 7.57. The molecule has 0 unspecified atom stereocenters. The van der Waals surface area contributed by atoms with E-state index in [2.05, 4.69) is 10.3 Å². The number of hydrogen-bond donors (Lipinski definition) is 2. The van der Waals surface area contributed by atoms with Gasteiger partial charge in [0.05, 0.1) is 11.6 Å². The number of carbonyl (C=O) groups is 1. The number of hydrogen-bond acceptors (Lipinski definition) is 4. The monoisotopic (exact) mass is 389 g/mol. The summed E-state index contributed by atoms with van der Waals surface area (Å²) >= 11 is 0. The van der Waals surface area contributed by atoms with Crippen molar-refractivity contribution in [3.05, 3.63) is 60.3 Å². The molecule has 1 fully saturated rings. The van der Waals surface area contributed by atoms with Crippen LogP contribution in [0.1, 0.15) is 42.5 Å². The molecule has 1 saturated heterocycles. The molecule has 1 aliphatic rings. The van der Waals surface area contributed by atoms with E-state index < -0.39 is 0 Å². The Morgan fingerprint density at radius 2 is 2.07 bits per heavy atom. The van der Waals surface area contributed by atoms with Gasteiger partial charge < -0.3 is 15.8 Å². The Balaban J connectivity index is 1.41. The summed E-state index contributed by atoms with van der Waals surface area (Å²) < 4.78 is 5.64. The van der Waals surface area contributed by atoms with E-state index in [1.165, 1.54) is 12.8 Å². The number of amides is 1. The van der Waals surface area contributed by atoms with E-state index in [1.807, 2.05) is 42.5 Å². The maximum Gasteiger partial charge on any atom is 0.251 e. The van der Waals surface area contributed by atoms with Gasteiger partial charge in [0.15, 0.2) is 0 Å². The summed E-state index contributed by atoms with van der Waals surface area (Å²) in [6.45, 7) is 1.58. The van der Waals surface area contributed by atoms with Crippen molar-refractivity contribution in [2.24, 2.45) is 0 Å². The molecule has 3 N–H and O–H groups in total. The summed E-state index contributed by atoms with van der Waals surface area (Å²) in [5.74, 6) is -0.0447. The summed E-state index contributed by atoms with van der Waals surface area (Å²) in [7, 11) is 0. The molecule has 5 heteroatoms. The zero-order chi connectivity index (χ0) is 20.1. The molecular formula is C24H27N3O2. The number of nitrogen functional groups attached to an aromatic ring is 1. The number of nitrogens with two attached hydrogens (primary N) is 1. The van der Waals surface area contributed by atoms with Gasteiger partial charge >= 0.3 is 0 Å². The summed E-state index contributed by atoms with van der Waals surface area (Å²) in [5.41, 5.74) is 10.2. The lowest BCUT2D eigenvalue weighted by Crippen LogP contribution is -2.24. The van der Waals surface area contributed by atoms with Crippen molar-refractivity contribution in [1.82, 2.24) is 10.3 Å². The number of fused-ring (bicyclic) bond motifs is 1. The zero-order valence-electron chi connectivity index (χ0n) is 16.6. The number of ether oxygens (including phenoxy) is 1. The van der Waals surface area contributed by atoms with Gasteiger partial charge in [-0.05, 0) is 55.9 Å². The molecule has 3 aromatic rings. The fourth-order valence-corrected chi connectivity index (χ4v) is 3.93. The Kier molecular flexibility index (Phi) is 6.06. The van der Waals surface area contributed by atoms with Crippen molar-refractivity contribution in [2.45, 2.75) is 38.2 Å². The predicted octanol–water partition coefficient (Wildman–Crippen LogP) is 4.56. The molecule has 4 rings (SSSR count). The minimum absolute atomic E-state index is 0.0447. The molecule has 0 radical (unpaired) electrons. The molecule has 0 saturated carbocycles. The van der Waals surface area contributed by atoms with Crippen molar-refractivity contribution in [3.63, 3.8) is 0 Å². The first-order valence-corrected chi connectivity index (χ1v) is 10.4. The average Bonchev–Trinajstić information content (AvgIpc) is 3.27. The van der Waals surface area contributed by atoms with Crippen LogP contribution in [0.4, 0.5) is 5.69 Å². The summed E-state index contributed by atoms with van der Waals surface area (Å²) in [6.07, 6.45) is 7.62. The van der Waals surface area contributed by atoms with E-state index in [9.17, 15) is 4.79 Å². The van der Waals surface area contributed by atoms with E-state index in [1.54, 1.807) is 12.3 Å². The Bertz CT molecular complexity index is 996. The van der Waals surface area contributed by atoms with E-state index in [0.717, 1.165) is 47.9 Å². The second kappa shape index (κ2) is 9.05. The number of nitrogens with zero attached hydrogens (tertiary/aromatic N) is 1. The van der Waals surface area contributed by atoms with Crippen LogP contribution in [-0.4, -0.2) is 30.1 Å². The first kappa shape index (κ1) is 19.4. The Morgan fingerprint density at radius 3 is 2.93 bits per heavy atom. The maximum absolute atomic E-state index is 12.6. The first-order chi connectivity index (χ1) is 14.2. The number of carbonyl (C=O) groups excluding carboxylic acids is 1. The molecule has 0 aliphatic carbocycles. The van der Waals surface area contributed by atoms with E-state index in [0.29, 0.717) is 23.9 Å². The van der Waals surface area contributed by atoms with Crippen molar-refractivity contribution in [3.8, 4) is 11.1 Å². The molecule has 2 aromatic carbocycles. The molecule has 1 amide bonds. The van der Waals surface area contributed by atoms with E-state index in [4.69, 9.17) is 10.5 Å². The molecule has 1 atom stereocenters. The molecule has 150 valence electrons. The minimum atomic E-state index is -0.0447. The van der Waals surface area contributed by atoms with Crippen molar-refractivity contribution in [2.75, 3.05) is 18.9 Å². The Hall–Kier alpha value is -2.92. The fraction of sp³-hybridized carbons (Fsp3) is 0.333. The van der Waals surface area contributed by atoms with Crippen LogP contribution < -0.4 is 11.1 Å². The van der Waals surface area contributed by atoms with Crippen LogP contribution >= 0.6 is 0 Å². The zero-order valence-corrected chi connectivity index (χ0v) is 16.6. The number of unbranched alkanes of at least 4 members (excludes halogenated alkanes) is 1. The third kappa shape index (κ3) is 4.57. The van der Waals surface area contributed by atoms with Gasteiger partial charge in [-0.2, -0.15) is 0 Å². The van der Waals surface area contributed by atoms with Gasteiger partial charge in [0.2, 0.25) is 0 Å². The van der Waals surface area contributed by atoms with Gasteiger partial charge in [0, 0.05) is 41.5 Å². The van der Waals surface area contributed by atoms with Crippen molar-refractivity contribution in [1.29, 1.82) is 0 Å². The fourth-order valence-electron chi connectivity index (χ4n) is 3.93.